The molecule has 1 nitrogen and oxygen atoms in total. The number of nitrogens with zero attached hydrogens (tertiary/aromatic N) is 1. The topological polar surface area (TPSA) is 12.9 Å². The first-order valence-corrected chi connectivity index (χ1v) is 7.78. The summed E-state index contributed by atoms with van der Waals surface area (Å²) in [5.41, 5.74) is 7.58. The first-order valence-electron chi connectivity index (χ1n) is 7.78. The van der Waals surface area contributed by atoms with Crippen molar-refractivity contribution >= 4 is 0 Å². The van der Waals surface area contributed by atoms with E-state index in [0.29, 0.717) is 0 Å². The lowest BCUT2D eigenvalue weighted by atomic mass is 10.0. The Balaban J connectivity index is 1.66. The number of hydrogen-bond acceptors (Lipinski definition) is 1. The molecule has 0 unspecified atom stereocenters. The lowest BCUT2D eigenvalue weighted by Gasteiger charge is -2.05. The van der Waals surface area contributed by atoms with E-state index in [-0.39, 0.29) is 0 Å². The highest BCUT2D eigenvalue weighted by Gasteiger charge is 2.00. The third kappa shape index (κ3) is 3.62. The van der Waals surface area contributed by atoms with Crippen LogP contribution in [0.15, 0.2) is 66.9 Å². The average Bonchev–Trinajstić information content (AvgIpc) is 2.56. The monoisotopic (exact) mass is 287 g/mol. The largest absolute Gasteiger partial charge is 0.261 e. The Morgan fingerprint density at radius 2 is 1.23 bits per heavy atom. The normalized spacial score (nSPS) is 10.6. The summed E-state index contributed by atoms with van der Waals surface area (Å²) in [5.74, 6) is 0. The minimum Gasteiger partial charge on any atom is -0.261 e. The zero-order chi connectivity index (χ0) is 15.4. The number of benzene rings is 2. The third-order valence-corrected chi connectivity index (χ3v) is 3.98. The third-order valence-electron chi connectivity index (χ3n) is 3.98. The first kappa shape index (κ1) is 14.5. The van der Waals surface area contributed by atoms with Gasteiger partial charge < -0.3 is 0 Å². The van der Waals surface area contributed by atoms with E-state index in [1.54, 1.807) is 0 Å². The summed E-state index contributed by atoms with van der Waals surface area (Å²) >= 11 is 0. The SMILES string of the molecule is Cc1ccc(-c2ccc(CCc3ccc(C)cn3)cc2)cc1. The molecule has 0 aliphatic rings. The van der Waals surface area contributed by atoms with E-state index < -0.39 is 0 Å². The molecule has 3 rings (SSSR count). The molecule has 0 bridgehead atoms. The second-order valence-corrected chi connectivity index (χ2v) is 5.89. The predicted octanol–water partition coefficient (Wildman–Crippen LogP) is 5.15. The maximum absolute atomic E-state index is 4.47. The van der Waals surface area contributed by atoms with Crippen LogP contribution in [-0.4, -0.2) is 4.98 Å². The predicted molar refractivity (Wildman–Crippen MR) is 93.0 cm³/mol. The lowest BCUT2D eigenvalue weighted by Crippen LogP contribution is -1.94. The van der Waals surface area contributed by atoms with Gasteiger partial charge in [-0.2, -0.15) is 0 Å². The van der Waals surface area contributed by atoms with Crippen LogP contribution in [0.3, 0.4) is 0 Å². The summed E-state index contributed by atoms with van der Waals surface area (Å²) in [6, 6.07) is 21.8. The molecule has 1 heterocycles. The standard InChI is InChI=1S/C21H21N/c1-16-3-9-19(10-4-16)20-11-6-18(7-12-20)8-14-21-13-5-17(2)15-22-21/h3-7,9-13,15H,8,14H2,1-2H3. The second-order valence-electron chi connectivity index (χ2n) is 5.89. The van der Waals surface area contributed by atoms with E-state index in [4.69, 9.17) is 0 Å². The molecule has 110 valence electrons. The van der Waals surface area contributed by atoms with Gasteiger partial charge in [-0.25, -0.2) is 0 Å². The van der Waals surface area contributed by atoms with Gasteiger partial charge in [0.05, 0.1) is 0 Å². The molecule has 0 saturated heterocycles. The average molecular weight is 287 g/mol. The lowest BCUT2D eigenvalue weighted by molar-refractivity contribution is 0.911. The number of aryl methyl sites for hydroxylation is 4. The van der Waals surface area contributed by atoms with Crippen LogP contribution in [0.25, 0.3) is 11.1 Å². The summed E-state index contributed by atoms with van der Waals surface area (Å²) in [4.78, 5) is 4.47. The second kappa shape index (κ2) is 6.57. The van der Waals surface area contributed by atoms with E-state index in [2.05, 4.69) is 79.5 Å². The molecule has 0 N–H and O–H groups in total. The van der Waals surface area contributed by atoms with Gasteiger partial charge >= 0.3 is 0 Å². The summed E-state index contributed by atoms with van der Waals surface area (Å²) in [7, 11) is 0. The molecule has 0 amide bonds. The maximum Gasteiger partial charge on any atom is 0.0407 e. The quantitative estimate of drug-likeness (QED) is 0.646. The van der Waals surface area contributed by atoms with Crippen molar-refractivity contribution in [1.82, 2.24) is 4.98 Å². The zero-order valence-electron chi connectivity index (χ0n) is 13.2. The zero-order valence-corrected chi connectivity index (χ0v) is 13.2. The molecule has 0 atom stereocenters. The summed E-state index contributed by atoms with van der Waals surface area (Å²) in [5, 5.41) is 0. The Bertz CT molecular complexity index is 722. The molecule has 0 saturated carbocycles. The molecular formula is C21H21N. The Kier molecular flexibility index (Phi) is 4.34. The Hall–Kier alpha value is -2.41. The van der Waals surface area contributed by atoms with Gasteiger partial charge in [-0.3, -0.25) is 4.98 Å². The molecule has 0 aliphatic carbocycles. The van der Waals surface area contributed by atoms with Crippen molar-refractivity contribution in [2.24, 2.45) is 0 Å². The first-order chi connectivity index (χ1) is 10.7. The molecule has 0 radical (unpaired) electrons. The van der Waals surface area contributed by atoms with Gasteiger partial charge in [0.25, 0.3) is 0 Å². The molecular weight excluding hydrogens is 266 g/mol. The summed E-state index contributed by atoms with van der Waals surface area (Å²) < 4.78 is 0. The smallest absolute Gasteiger partial charge is 0.0407 e. The van der Waals surface area contributed by atoms with Crippen molar-refractivity contribution in [3.8, 4) is 11.1 Å². The molecule has 22 heavy (non-hydrogen) atoms. The van der Waals surface area contributed by atoms with Crippen molar-refractivity contribution < 1.29 is 0 Å². The van der Waals surface area contributed by atoms with Crippen LogP contribution in [0.4, 0.5) is 0 Å². The van der Waals surface area contributed by atoms with Crippen LogP contribution in [0.5, 0.6) is 0 Å². The minimum absolute atomic E-state index is 0.990. The fraction of sp³-hybridized carbons (Fsp3) is 0.190. The van der Waals surface area contributed by atoms with E-state index in [1.165, 1.54) is 27.8 Å². The van der Waals surface area contributed by atoms with Crippen molar-refractivity contribution in [2.75, 3.05) is 0 Å². The maximum atomic E-state index is 4.47. The molecule has 1 heteroatoms. The van der Waals surface area contributed by atoms with Crippen molar-refractivity contribution in [2.45, 2.75) is 26.7 Å². The van der Waals surface area contributed by atoms with Gasteiger partial charge in [0.15, 0.2) is 0 Å². The van der Waals surface area contributed by atoms with Crippen molar-refractivity contribution in [3.05, 3.63) is 89.2 Å². The van der Waals surface area contributed by atoms with Crippen molar-refractivity contribution in [1.29, 1.82) is 0 Å². The molecule has 0 aliphatic heterocycles. The number of aromatic nitrogens is 1. The van der Waals surface area contributed by atoms with Gasteiger partial charge in [-0.15, -0.1) is 0 Å². The van der Waals surface area contributed by atoms with Crippen LogP contribution in [-0.2, 0) is 12.8 Å². The summed E-state index contributed by atoms with van der Waals surface area (Å²) in [6.45, 7) is 4.19. The molecule has 0 spiro atoms. The number of rotatable bonds is 4. The highest BCUT2D eigenvalue weighted by atomic mass is 14.7. The molecule has 0 fully saturated rings. The number of hydrogen-bond donors (Lipinski definition) is 0. The van der Waals surface area contributed by atoms with Crippen LogP contribution >= 0.6 is 0 Å². The fourth-order valence-electron chi connectivity index (χ4n) is 2.53. The Morgan fingerprint density at radius 1 is 0.636 bits per heavy atom. The Labute approximate surface area is 132 Å². The van der Waals surface area contributed by atoms with E-state index in [1.807, 2.05) is 6.20 Å². The summed E-state index contributed by atoms with van der Waals surface area (Å²) in [6.07, 6.45) is 3.96. The molecule has 3 aromatic rings. The Morgan fingerprint density at radius 3 is 1.82 bits per heavy atom. The van der Waals surface area contributed by atoms with Gasteiger partial charge in [0.1, 0.15) is 0 Å². The van der Waals surface area contributed by atoms with Gasteiger partial charge in [-0.1, -0.05) is 60.2 Å². The number of pyridine rings is 1. The van der Waals surface area contributed by atoms with E-state index in [0.717, 1.165) is 18.5 Å². The van der Waals surface area contributed by atoms with Crippen LogP contribution in [0, 0.1) is 13.8 Å². The highest BCUT2D eigenvalue weighted by molar-refractivity contribution is 5.63. The van der Waals surface area contributed by atoms with Gasteiger partial charge in [0, 0.05) is 11.9 Å². The van der Waals surface area contributed by atoms with E-state index >= 15 is 0 Å². The van der Waals surface area contributed by atoms with Crippen molar-refractivity contribution in [3.63, 3.8) is 0 Å². The fourth-order valence-corrected chi connectivity index (χ4v) is 2.53. The van der Waals surface area contributed by atoms with E-state index in [9.17, 15) is 0 Å². The highest BCUT2D eigenvalue weighted by Crippen LogP contribution is 2.20. The van der Waals surface area contributed by atoms with Gasteiger partial charge in [0.2, 0.25) is 0 Å². The van der Waals surface area contributed by atoms with Crippen LogP contribution in [0.2, 0.25) is 0 Å². The minimum atomic E-state index is 0.990. The molecule has 1 aromatic heterocycles. The van der Waals surface area contributed by atoms with Crippen LogP contribution < -0.4 is 0 Å². The van der Waals surface area contributed by atoms with Gasteiger partial charge in [-0.05, 0) is 55.0 Å². The molecule has 2 aromatic carbocycles. The van der Waals surface area contributed by atoms with Crippen LogP contribution in [0.1, 0.15) is 22.4 Å².